The highest BCUT2D eigenvalue weighted by atomic mass is 19.1. The van der Waals surface area contributed by atoms with E-state index in [0.717, 1.165) is 12.1 Å². The first-order valence-electron chi connectivity index (χ1n) is 4.11. The van der Waals surface area contributed by atoms with E-state index in [1.165, 1.54) is 13.4 Å². The second-order valence-electron chi connectivity index (χ2n) is 2.80. The van der Waals surface area contributed by atoms with Crippen molar-refractivity contribution >= 4 is 0 Å². The smallest absolute Gasteiger partial charge is 0.161 e. The predicted molar refractivity (Wildman–Crippen MR) is 48.3 cm³/mol. The average Bonchev–Trinajstić information content (AvgIpc) is 2.69. The Morgan fingerprint density at radius 1 is 1.27 bits per heavy atom. The summed E-state index contributed by atoms with van der Waals surface area (Å²) in [7, 11) is 1.34. The van der Waals surface area contributed by atoms with Crippen LogP contribution in [0.2, 0.25) is 0 Å². The van der Waals surface area contributed by atoms with Gasteiger partial charge in [0.05, 0.1) is 12.7 Å². The lowest BCUT2D eigenvalue weighted by Crippen LogP contribution is -1.94. The fourth-order valence-corrected chi connectivity index (χ4v) is 1.22. The molecule has 1 aromatic heterocycles. The van der Waals surface area contributed by atoms with Crippen molar-refractivity contribution in [2.75, 3.05) is 7.11 Å². The molecule has 0 radical (unpaired) electrons. The molecule has 0 aliphatic carbocycles. The van der Waals surface area contributed by atoms with Crippen LogP contribution >= 0.6 is 0 Å². The molecule has 6 heteroatoms. The van der Waals surface area contributed by atoms with Crippen LogP contribution in [-0.4, -0.2) is 22.3 Å². The van der Waals surface area contributed by atoms with Crippen LogP contribution in [-0.2, 0) is 0 Å². The van der Waals surface area contributed by atoms with E-state index in [9.17, 15) is 8.78 Å². The summed E-state index contributed by atoms with van der Waals surface area (Å²) in [5.41, 5.74) is -0.242. The van der Waals surface area contributed by atoms with Gasteiger partial charge in [0.1, 0.15) is 23.7 Å². The number of H-pyrrole nitrogens is 1. The number of nitrogens with one attached hydrogen (secondary N) is 1. The molecule has 0 saturated heterocycles. The van der Waals surface area contributed by atoms with Crippen molar-refractivity contribution < 1.29 is 13.5 Å². The number of aromatic nitrogens is 3. The van der Waals surface area contributed by atoms with Crippen molar-refractivity contribution in [2.24, 2.45) is 0 Å². The number of hydrogen-bond donors (Lipinski definition) is 1. The van der Waals surface area contributed by atoms with Gasteiger partial charge in [-0.05, 0) is 0 Å². The van der Waals surface area contributed by atoms with Crippen LogP contribution in [0, 0.1) is 11.6 Å². The molecule has 0 amide bonds. The maximum Gasteiger partial charge on any atom is 0.161 e. The second kappa shape index (κ2) is 3.64. The monoisotopic (exact) mass is 211 g/mol. The van der Waals surface area contributed by atoms with Crippen LogP contribution in [0.15, 0.2) is 18.5 Å². The number of benzene rings is 1. The van der Waals surface area contributed by atoms with Crippen molar-refractivity contribution in [1.29, 1.82) is 0 Å². The van der Waals surface area contributed by atoms with Gasteiger partial charge < -0.3 is 4.74 Å². The Morgan fingerprint density at radius 3 is 2.40 bits per heavy atom. The lowest BCUT2D eigenvalue weighted by Gasteiger charge is -2.04. The summed E-state index contributed by atoms with van der Waals surface area (Å²) >= 11 is 0. The van der Waals surface area contributed by atoms with Gasteiger partial charge in [0.15, 0.2) is 5.82 Å². The lowest BCUT2D eigenvalue weighted by atomic mass is 10.2. The molecule has 1 heterocycles. The molecule has 0 saturated carbocycles. The fraction of sp³-hybridized carbons (Fsp3) is 0.111. The number of nitrogens with zero attached hydrogens (tertiary/aromatic N) is 2. The van der Waals surface area contributed by atoms with Crippen LogP contribution in [0.3, 0.4) is 0 Å². The minimum Gasteiger partial charge on any atom is -0.497 e. The zero-order valence-electron chi connectivity index (χ0n) is 7.79. The maximum absolute atomic E-state index is 13.5. The van der Waals surface area contributed by atoms with Gasteiger partial charge in [-0.2, -0.15) is 5.10 Å². The highest BCUT2D eigenvalue weighted by Crippen LogP contribution is 2.26. The molecule has 1 aromatic carbocycles. The number of ether oxygens (including phenoxy) is 1. The van der Waals surface area contributed by atoms with Gasteiger partial charge >= 0.3 is 0 Å². The molecule has 0 bridgehead atoms. The highest BCUT2D eigenvalue weighted by Gasteiger charge is 2.15. The van der Waals surface area contributed by atoms with E-state index >= 15 is 0 Å². The standard InChI is InChI=1S/C9H7F2N3O/c1-15-5-2-6(10)8(7(11)3-5)9-12-4-13-14-9/h2-4H,1H3,(H,12,13,14). The molecule has 0 atom stereocenters. The molecule has 2 rings (SSSR count). The third-order valence-electron chi connectivity index (χ3n) is 1.90. The number of methoxy groups -OCH3 is 1. The van der Waals surface area contributed by atoms with E-state index in [0.29, 0.717) is 0 Å². The summed E-state index contributed by atoms with van der Waals surface area (Å²) in [6, 6.07) is 2.17. The van der Waals surface area contributed by atoms with Crippen LogP contribution in [0.4, 0.5) is 8.78 Å². The maximum atomic E-state index is 13.5. The van der Waals surface area contributed by atoms with Crippen LogP contribution in [0.5, 0.6) is 5.75 Å². The van der Waals surface area contributed by atoms with Gasteiger partial charge in [0, 0.05) is 12.1 Å². The number of hydrogen-bond acceptors (Lipinski definition) is 3. The van der Waals surface area contributed by atoms with Gasteiger partial charge in [-0.15, -0.1) is 0 Å². The molecule has 0 fully saturated rings. The van der Waals surface area contributed by atoms with Gasteiger partial charge in [-0.1, -0.05) is 0 Å². The Kier molecular flexibility index (Phi) is 2.32. The molecule has 78 valence electrons. The zero-order chi connectivity index (χ0) is 10.8. The fourth-order valence-electron chi connectivity index (χ4n) is 1.22. The third kappa shape index (κ3) is 1.65. The second-order valence-corrected chi connectivity index (χ2v) is 2.80. The van der Waals surface area contributed by atoms with E-state index < -0.39 is 11.6 Å². The molecule has 0 aliphatic rings. The van der Waals surface area contributed by atoms with Crippen molar-refractivity contribution in [1.82, 2.24) is 15.2 Å². The van der Waals surface area contributed by atoms with Crippen molar-refractivity contribution in [2.45, 2.75) is 0 Å². The minimum absolute atomic E-state index is 0.0488. The zero-order valence-corrected chi connectivity index (χ0v) is 7.79. The molecule has 15 heavy (non-hydrogen) atoms. The van der Waals surface area contributed by atoms with E-state index in [2.05, 4.69) is 15.2 Å². The molecule has 0 aliphatic heterocycles. The number of rotatable bonds is 2. The summed E-state index contributed by atoms with van der Waals surface area (Å²) in [5, 5.41) is 5.91. The molecular formula is C9H7F2N3O. The van der Waals surface area contributed by atoms with Crippen molar-refractivity contribution in [3.63, 3.8) is 0 Å². The van der Waals surface area contributed by atoms with Gasteiger partial charge in [-0.3, -0.25) is 5.10 Å². The van der Waals surface area contributed by atoms with Gasteiger partial charge in [0.2, 0.25) is 0 Å². The number of halogens is 2. The van der Waals surface area contributed by atoms with Gasteiger partial charge in [0.25, 0.3) is 0 Å². The summed E-state index contributed by atoms with van der Waals surface area (Å²) in [4.78, 5) is 3.68. The first-order valence-corrected chi connectivity index (χ1v) is 4.11. The molecule has 1 N–H and O–H groups in total. The Balaban J connectivity index is 2.58. The van der Waals surface area contributed by atoms with Crippen molar-refractivity contribution in [3.8, 4) is 17.1 Å². The average molecular weight is 211 g/mol. The third-order valence-corrected chi connectivity index (χ3v) is 1.90. The Bertz CT molecular complexity index is 447. The Labute approximate surface area is 83.9 Å². The van der Waals surface area contributed by atoms with Crippen molar-refractivity contribution in [3.05, 3.63) is 30.1 Å². The topological polar surface area (TPSA) is 50.8 Å². The lowest BCUT2D eigenvalue weighted by molar-refractivity contribution is 0.407. The summed E-state index contributed by atoms with van der Waals surface area (Å²) in [6.45, 7) is 0. The molecule has 0 unspecified atom stereocenters. The SMILES string of the molecule is COc1cc(F)c(-c2ncn[nH]2)c(F)c1. The van der Waals surface area contributed by atoms with Crippen LogP contribution in [0.25, 0.3) is 11.4 Å². The largest absolute Gasteiger partial charge is 0.497 e. The molecule has 0 spiro atoms. The van der Waals surface area contributed by atoms with Gasteiger partial charge in [-0.25, -0.2) is 13.8 Å². The Hall–Kier alpha value is -1.98. The first-order chi connectivity index (χ1) is 7.22. The first kappa shape index (κ1) is 9.57. The summed E-state index contributed by atoms with van der Waals surface area (Å²) < 4.78 is 31.6. The Morgan fingerprint density at radius 2 is 1.93 bits per heavy atom. The molecule has 2 aromatic rings. The number of aromatic amines is 1. The molecule has 4 nitrogen and oxygen atoms in total. The molecular weight excluding hydrogens is 204 g/mol. The summed E-state index contributed by atoms with van der Waals surface area (Å²) in [6.07, 6.45) is 1.18. The summed E-state index contributed by atoms with van der Waals surface area (Å²) in [5.74, 6) is -1.33. The van der Waals surface area contributed by atoms with E-state index in [1.54, 1.807) is 0 Å². The highest BCUT2D eigenvalue weighted by molar-refractivity contribution is 5.57. The van der Waals surface area contributed by atoms with E-state index in [-0.39, 0.29) is 17.1 Å². The van der Waals surface area contributed by atoms with E-state index in [4.69, 9.17) is 4.74 Å². The van der Waals surface area contributed by atoms with E-state index in [1.807, 2.05) is 0 Å². The quantitative estimate of drug-likeness (QED) is 0.823. The van der Waals surface area contributed by atoms with Crippen LogP contribution < -0.4 is 4.74 Å². The predicted octanol–water partition coefficient (Wildman–Crippen LogP) is 1.76. The van der Waals surface area contributed by atoms with Crippen LogP contribution in [0.1, 0.15) is 0 Å². The minimum atomic E-state index is -0.747. The normalized spacial score (nSPS) is 10.3.